The van der Waals surface area contributed by atoms with E-state index in [1.807, 2.05) is 0 Å². The molecule has 0 spiro atoms. The van der Waals surface area contributed by atoms with Crippen LogP contribution in [0.25, 0.3) is 0 Å². The number of hydrogen-bond donors (Lipinski definition) is 4. The van der Waals surface area contributed by atoms with Gasteiger partial charge in [-0.15, -0.1) is 0 Å². The van der Waals surface area contributed by atoms with Crippen molar-refractivity contribution in [1.29, 1.82) is 0 Å². The minimum absolute atomic E-state index is 0.178. The molecule has 0 heterocycles. The molecule has 0 radical (unpaired) electrons. The van der Waals surface area contributed by atoms with Crippen molar-refractivity contribution in [2.75, 3.05) is 12.3 Å². The summed E-state index contributed by atoms with van der Waals surface area (Å²) in [5.41, 5.74) is 6.46. The van der Waals surface area contributed by atoms with Gasteiger partial charge in [-0.05, 0) is 18.6 Å². The van der Waals surface area contributed by atoms with Crippen molar-refractivity contribution in [2.45, 2.75) is 25.6 Å². The topological polar surface area (TPSA) is 95.6 Å². The molecule has 18 heavy (non-hydrogen) atoms. The van der Waals surface area contributed by atoms with Gasteiger partial charge in [0, 0.05) is 29.7 Å². The van der Waals surface area contributed by atoms with E-state index in [4.69, 9.17) is 17.3 Å². The van der Waals surface area contributed by atoms with Crippen LogP contribution in [0, 0.1) is 0 Å². The van der Waals surface area contributed by atoms with Gasteiger partial charge in [-0.25, -0.2) is 0 Å². The van der Waals surface area contributed by atoms with Gasteiger partial charge in [-0.1, -0.05) is 17.7 Å². The van der Waals surface area contributed by atoms with Crippen LogP contribution in [0.5, 0.6) is 0 Å². The minimum Gasteiger partial charge on any atom is -0.398 e. The number of carbonyl (C=O) groups excluding carboxylic acids is 1. The highest BCUT2D eigenvalue weighted by Gasteiger charge is 2.20. The Morgan fingerprint density at radius 2 is 2.17 bits per heavy atom. The molecular weight excluding hydrogens is 256 g/mol. The first-order valence-corrected chi connectivity index (χ1v) is 5.95. The second-order valence-corrected chi connectivity index (χ2v) is 4.49. The van der Waals surface area contributed by atoms with Gasteiger partial charge in [0.25, 0.3) is 0 Å². The third kappa shape index (κ3) is 4.18. The van der Waals surface area contributed by atoms with Crippen molar-refractivity contribution < 1.29 is 15.0 Å². The Morgan fingerprint density at radius 1 is 1.50 bits per heavy atom. The van der Waals surface area contributed by atoms with E-state index in [0.717, 1.165) is 0 Å². The zero-order chi connectivity index (χ0) is 13.7. The fraction of sp³-hybridized carbons (Fsp3) is 0.417. The molecule has 0 aromatic heterocycles. The van der Waals surface area contributed by atoms with Gasteiger partial charge in [-0.3, -0.25) is 4.79 Å². The lowest BCUT2D eigenvalue weighted by molar-refractivity contribution is -0.119. The van der Waals surface area contributed by atoms with Crippen LogP contribution in [0.1, 0.15) is 25.0 Å². The average molecular weight is 273 g/mol. The molecule has 5 nitrogen and oxygen atoms in total. The summed E-state index contributed by atoms with van der Waals surface area (Å²) in [6, 6.07) is 4.68. The van der Waals surface area contributed by atoms with Crippen LogP contribution in [0.3, 0.4) is 0 Å². The molecule has 5 N–H and O–H groups in total. The summed E-state index contributed by atoms with van der Waals surface area (Å²) >= 11 is 5.75. The number of anilines is 1. The van der Waals surface area contributed by atoms with Gasteiger partial charge in [0.1, 0.15) is 6.10 Å². The molecule has 0 aliphatic carbocycles. The van der Waals surface area contributed by atoms with Crippen molar-refractivity contribution in [3.05, 3.63) is 28.8 Å². The quantitative estimate of drug-likeness (QED) is 0.598. The molecule has 2 atom stereocenters. The molecule has 1 aromatic rings. The lowest BCUT2D eigenvalue weighted by atomic mass is 10.0. The summed E-state index contributed by atoms with van der Waals surface area (Å²) in [5.74, 6) is -0.178. The number of amides is 1. The van der Waals surface area contributed by atoms with Gasteiger partial charge in [0.05, 0.1) is 6.10 Å². The zero-order valence-corrected chi connectivity index (χ0v) is 10.8. The van der Waals surface area contributed by atoms with Crippen molar-refractivity contribution in [3.8, 4) is 0 Å². The predicted octanol–water partition coefficient (Wildman–Crippen LogP) is 0.843. The summed E-state index contributed by atoms with van der Waals surface area (Å²) < 4.78 is 0. The third-order valence-corrected chi connectivity index (χ3v) is 2.78. The number of rotatable bonds is 5. The van der Waals surface area contributed by atoms with Gasteiger partial charge < -0.3 is 21.3 Å². The van der Waals surface area contributed by atoms with E-state index in [1.54, 1.807) is 12.1 Å². The maximum absolute atomic E-state index is 10.7. The summed E-state index contributed by atoms with van der Waals surface area (Å²) in [6.07, 6.45) is -1.86. The summed E-state index contributed by atoms with van der Waals surface area (Å²) in [5, 5.41) is 22.7. The summed E-state index contributed by atoms with van der Waals surface area (Å²) in [6.45, 7) is 1.68. The molecular formula is C12H17ClN2O3. The lowest BCUT2D eigenvalue weighted by Crippen LogP contribution is -2.28. The van der Waals surface area contributed by atoms with Crippen molar-refractivity contribution in [2.24, 2.45) is 0 Å². The van der Waals surface area contributed by atoms with Crippen LogP contribution >= 0.6 is 11.6 Å². The highest BCUT2D eigenvalue weighted by atomic mass is 35.5. The van der Waals surface area contributed by atoms with Crippen molar-refractivity contribution in [1.82, 2.24) is 5.32 Å². The van der Waals surface area contributed by atoms with Crippen LogP contribution in [0.15, 0.2) is 18.2 Å². The van der Waals surface area contributed by atoms with E-state index >= 15 is 0 Å². The molecule has 1 amide bonds. The average Bonchev–Trinajstić information content (AvgIpc) is 2.27. The van der Waals surface area contributed by atoms with Crippen LogP contribution < -0.4 is 11.1 Å². The smallest absolute Gasteiger partial charge is 0.216 e. The Bertz CT molecular complexity index is 426. The number of benzene rings is 1. The van der Waals surface area contributed by atoms with Crippen molar-refractivity contribution >= 4 is 23.2 Å². The first kappa shape index (κ1) is 14.8. The number of carbonyl (C=O) groups is 1. The van der Waals surface area contributed by atoms with Crippen LogP contribution in [-0.2, 0) is 4.79 Å². The van der Waals surface area contributed by atoms with Gasteiger partial charge in [-0.2, -0.15) is 0 Å². The zero-order valence-electron chi connectivity index (χ0n) is 10.1. The monoisotopic (exact) mass is 272 g/mol. The third-order valence-electron chi connectivity index (χ3n) is 2.55. The number of aliphatic hydroxyl groups excluding tert-OH is 2. The Labute approximate surface area is 111 Å². The highest BCUT2D eigenvalue weighted by Crippen LogP contribution is 2.26. The van der Waals surface area contributed by atoms with E-state index < -0.39 is 12.2 Å². The first-order chi connectivity index (χ1) is 8.41. The molecule has 0 fully saturated rings. The molecule has 0 aliphatic rings. The predicted molar refractivity (Wildman–Crippen MR) is 70.1 cm³/mol. The maximum Gasteiger partial charge on any atom is 0.216 e. The number of hydrogen-bond acceptors (Lipinski definition) is 4. The second kappa shape index (κ2) is 6.58. The fourth-order valence-corrected chi connectivity index (χ4v) is 1.76. The number of halogens is 1. The van der Waals surface area contributed by atoms with Gasteiger partial charge in [0.2, 0.25) is 5.91 Å². The Kier molecular flexibility index (Phi) is 5.40. The number of nitrogens with two attached hydrogens (primary N) is 1. The Morgan fingerprint density at radius 3 is 2.72 bits per heavy atom. The molecule has 6 heteroatoms. The fourth-order valence-electron chi connectivity index (χ4n) is 1.58. The number of nitrogens with one attached hydrogen (secondary N) is 1. The second-order valence-electron chi connectivity index (χ2n) is 4.06. The first-order valence-electron chi connectivity index (χ1n) is 5.57. The molecule has 100 valence electrons. The van der Waals surface area contributed by atoms with Crippen LogP contribution in [-0.4, -0.2) is 28.8 Å². The minimum atomic E-state index is -1.10. The van der Waals surface area contributed by atoms with E-state index in [0.29, 0.717) is 22.8 Å². The van der Waals surface area contributed by atoms with Crippen LogP contribution in [0.2, 0.25) is 5.02 Å². The standard InChI is InChI=1S/C12H17ClN2O3/c1-7(16)15-5-4-11(17)12(18)9-3-2-8(13)6-10(9)14/h2-3,6,11-12,17-18H,4-5,14H2,1H3,(H,15,16). The van der Waals surface area contributed by atoms with Gasteiger partial charge >= 0.3 is 0 Å². The Hall–Kier alpha value is -1.30. The molecule has 1 aromatic carbocycles. The number of aliphatic hydroxyl groups is 2. The summed E-state index contributed by atoms with van der Waals surface area (Å²) in [4.78, 5) is 10.7. The summed E-state index contributed by atoms with van der Waals surface area (Å²) in [7, 11) is 0. The van der Waals surface area contributed by atoms with E-state index in [1.165, 1.54) is 13.0 Å². The molecule has 0 saturated carbocycles. The van der Waals surface area contributed by atoms with Crippen LogP contribution in [0.4, 0.5) is 5.69 Å². The highest BCUT2D eigenvalue weighted by molar-refractivity contribution is 6.30. The number of nitrogen functional groups attached to an aromatic ring is 1. The van der Waals surface area contributed by atoms with E-state index in [9.17, 15) is 15.0 Å². The molecule has 0 bridgehead atoms. The molecule has 1 rings (SSSR count). The lowest BCUT2D eigenvalue weighted by Gasteiger charge is -2.19. The Balaban J connectivity index is 2.62. The van der Waals surface area contributed by atoms with Gasteiger partial charge in [0.15, 0.2) is 0 Å². The largest absolute Gasteiger partial charge is 0.398 e. The maximum atomic E-state index is 10.7. The molecule has 2 unspecified atom stereocenters. The van der Waals surface area contributed by atoms with E-state index in [2.05, 4.69) is 5.32 Å². The SMILES string of the molecule is CC(=O)NCCC(O)C(O)c1ccc(Cl)cc1N. The van der Waals surface area contributed by atoms with Crippen molar-refractivity contribution in [3.63, 3.8) is 0 Å². The van der Waals surface area contributed by atoms with E-state index in [-0.39, 0.29) is 12.3 Å². The molecule has 0 aliphatic heterocycles. The molecule has 0 saturated heterocycles. The normalized spacial score (nSPS) is 14.0.